The number of carbonyl (C=O) groups excluding carboxylic acids is 1. The SMILES string of the molecule is CCN(CC)C(=O)c1ccc(-c2cnc3c(N4CCC(O)C4)nccn23)cc1. The first kappa shape index (κ1) is 18.4. The van der Waals surface area contributed by atoms with Crippen molar-refractivity contribution >= 4 is 17.4 Å². The molecule has 1 atom stereocenters. The molecule has 4 rings (SSSR count). The van der Waals surface area contributed by atoms with E-state index in [0.29, 0.717) is 25.2 Å². The van der Waals surface area contributed by atoms with E-state index in [0.717, 1.165) is 35.7 Å². The van der Waals surface area contributed by atoms with E-state index < -0.39 is 0 Å². The van der Waals surface area contributed by atoms with Crippen LogP contribution in [0.1, 0.15) is 30.6 Å². The van der Waals surface area contributed by atoms with Gasteiger partial charge in [0, 0.05) is 49.7 Å². The van der Waals surface area contributed by atoms with Gasteiger partial charge in [-0.05, 0) is 32.4 Å². The lowest BCUT2D eigenvalue weighted by atomic mass is 10.1. The summed E-state index contributed by atoms with van der Waals surface area (Å²) in [7, 11) is 0. The molecule has 3 heterocycles. The second-order valence-electron chi connectivity index (χ2n) is 7.03. The Hall–Kier alpha value is -2.93. The summed E-state index contributed by atoms with van der Waals surface area (Å²) in [6.07, 6.45) is 5.92. The van der Waals surface area contributed by atoms with Gasteiger partial charge in [-0.15, -0.1) is 0 Å². The van der Waals surface area contributed by atoms with Gasteiger partial charge in [-0.2, -0.15) is 0 Å². The lowest BCUT2D eigenvalue weighted by molar-refractivity contribution is 0.0773. The number of anilines is 1. The average Bonchev–Trinajstić information content (AvgIpc) is 3.35. The predicted molar refractivity (Wildman–Crippen MR) is 109 cm³/mol. The Bertz CT molecular complexity index is 978. The van der Waals surface area contributed by atoms with Crippen molar-refractivity contribution in [3.63, 3.8) is 0 Å². The van der Waals surface area contributed by atoms with E-state index in [1.165, 1.54) is 0 Å². The molecule has 7 nitrogen and oxygen atoms in total. The largest absolute Gasteiger partial charge is 0.391 e. The smallest absolute Gasteiger partial charge is 0.253 e. The molecule has 1 aromatic carbocycles. The van der Waals surface area contributed by atoms with Crippen LogP contribution in [0, 0.1) is 0 Å². The van der Waals surface area contributed by atoms with Crippen molar-refractivity contribution in [3.8, 4) is 11.3 Å². The van der Waals surface area contributed by atoms with E-state index in [2.05, 4.69) is 14.9 Å². The number of β-amino-alcohol motifs (C(OH)–C–C–N with tert-alkyl or cyclic N) is 1. The fourth-order valence-corrected chi connectivity index (χ4v) is 3.75. The van der Waals surface area contributed by atoms with Crippen LogP contribution in [0.2, 0.25) is 0 Å². The van der Waals surface area contributed by atoms with E-state index in [1.807, 2.05) is 59.8 Å². The van der Waals surface area contributed by atoms with Gasteiger partial charge in [0.05, 0.1) is 18.0 Å². The van der Waals surface area contributed by atoms with Crippen LogP contribution in [-0.2, 0) is 0 Å². The third-order valence-electron chi connectivity index (χ3n) is 5.35. The van der Waals surface area contributed by atoms with Gasteiger partial charge in [0.2, 0.25) is 0 Å². The first-order valence-electron chi connectivity index (χ1n) is 9.77. The van der Waals surface area contributed by atoms with Crippen molar-refractivity contribution in [1.82, 2.24) is 19.3 Å². The lowest BCUT2D eigenvalue weighted by Gasteiger charge is -2.18. The molecule has 1 saturated heterocycles. The van der Waals surface area contributed by atoms with Crippen LogP contribution in [-0.4, -0.2) is 62.6 Å². The second kappa shape index (κ2) is 7.59. The molecule has 1 aliphatic rings. The highest BCUT2D eigenvalue weighted by atomic mass is 16.3. The molecule has 0 radical (unpaired) electrons. The molecule has 0 spiro atoms. The molecular formula is C21H25N5O2. The number of rotatable bonds is 5. The minimum Gasteiger partial charge on any atom is -0.391 e. The van der Waals surface area contributed by atoms with Crippen molar-refractivity contribution < 1.29 is 9.90 Å². The molecule has 3 aromatic rings. The monoisotopic (exact) mass is 379 g/mol. The third-order valence-corrected chi connectivity index (χ3v) is 5.35. The van der Waals surface area contributed by atoms with Gasteiger partial charge >= 0.3 is 0 Å². The number of nitrogens with zero attached hydrogens (tertiary/aromatic N) is 5. The molecule has 28 heavy (non-hydrogen) atoms. The van der Waals surface area contributed by atoms with Gasteiger partial charge in [-0.3, -0.25) is 9.20 Å². The molecule has 0 saturated carbocycles. The number of imidazole rings is 1. The number of aliphatic hydroxyl groups excluding tert-OH is 1. The fraction of sp³-hybridized carbons (Fsp3) is 0.381. The van der Waals surface area contributed by atoms with Crippen LogP contribution in [0.25, 0.3) is 16.9 Å². The summed E-state index contributed by atoms with van der Waals surface area (Å²) < 4.78 is 2.01. The minimum atomic E-state index is -0.313. The van der Waals surface area contributed by atoms with Gasteiger partial charge in [0.25, 0.3) is 5.91 Å². The second-order valence-corrected chi connectivity index (χ2v) is 7.03. The van der Waals surface area contributed by atoms with Crippen molar-refractivity contribution in [1.29, 1.82) is 0 Å². The number of benzene rings is 1. The van der Waals surface area contributed by atoms with Gasteiger partial charge in [-0.1, -0.05) is 12.1 Å². The maximum atomic E-state index is 12.5. The number of carbonyl (C=O) groups is 1. The summed E-state index contributed by atoms with van der Waals surface area (Å²) in [6.45, 7) is 6.73. The zero-order valence-corrected chi connectivity index (χ0v) is 16.2. The summed E-state index contributed by atoms with van der Waals surface area (Å²) in [6, 6.07) is 7.66. The minimum absolute atomic E-state index is 0.0498. The Morgan fingerprint density at radius 3 is 2.61 bits per heavy atom. The van der Waals surface area contributed by atoms with Crippen LogP contribution in [0.5, 0.6) is 0 Å². The third kappa shape index (κ3) is 3.22. The number of amides is 1. The maximum Gasteiger partial charge on any atom is 0.253 e. The van der Waals surface area contributed by atoms with Gasteiger partial charge < -0.3 is 14.9 Å². The highest BCUT2D eigenvalue weighted by Gasteiger charge is 2.24. The molecule has 1 amide bonds. The fourth-order valence-electron chi connectivity index (χ4n) is 3.75. The van der Waals surface area contributed by atoms with Crippen LogP contribution in [0.4, 0.5) is 5.82 Å². The quantitative estimate of drug-likeness (QED) is 0.737. The van der Waals surface area contributed by atoms with Gasteiger partial charge in [0.1, 0.15) is 0 Å². The molecule has 1 aliphatic heterocycles. The molecule has 146 valence electrons. The topological polar surface area (TPSA) is 74.0 Å². The Morgan fingerprint density at radius 1 is 1.21 bits per heavy atom. The first-order valence-corrected chi connectivity index (χ1v) is 9.77. The Kier molecular flexibility index (Phi) is 5.00. The van der Waals surface area contributed by atoms with Crippen molar-refractivity contribution in [3.05, 3.63) is 48.4 Å². The zero-order valence-electron chi connectivity index (χ0n) is 16.2. The van der Waals surface area contributed by atoms with E-state index in [-0.39, 0.29) is 12.0 Å². The van der Waals surface area contributed by atoms with E-state index >= 15 is 0 Å². The summed E-state index contributed by atoms with van der Waals surface area (Å²) in [5.74, 6) is 0.840. The first-order chi connectivity index (χ1) is 13.6. The molecule has 0 aliphatic carbocycles. The molecule has 2 aromatic heterocycles. The Morgan fingerprint density at radius 2 is 1.96 bits per heavy atom. The number of aliphatic hydroxyl groups is 1. The van der Waals surface area contributed by atoms with E-state index in [4.69, 9.17) is 0 Å². The molecular weight excluding hydrogens is 354 g/mol. The number of hydrogen-bond donors (Lipinski definition) is 1. The Balaban J connectivity index is 1.66. The molecule has 1 N–H and O–H groups in total. The number of hydrogen-bond acceptors (Lipinski definition) is 5. The van der Waals surface area contributed by atoms with Crippen LogP contribution in [0.15, 0.2) is 42.9 Å². The van der Waals surface area contributed by atoms with Crippen LogP contribution in [0.3, 0.4) is 0 Å². The molecule has 1 unspecified atom stereocenters. The lowest BCUT2D eigenvalue weighted by Crippen LogP contribution is -2.30. The summed E-state index contributed by atoms with van der Waals surface area (Å²) in [4.78, 5) is 25.5. The van der Waals surface area contributed by atoms with E-state index in [9.17, 15) is 9.90 Å². The maximum absolute atomic E-state index is 12.5. The van der Waals surface area contributed by atoms with E-state index in [1.54, 1.807) is 6.20 Å². The average molecular weight is 379 g/mol. The van der Waals surface area contributed by atoms with Crippen LogP contribution < -0.4 is 4.90 Å². The summed E-state index contributed by atoms with van der Waals surface area (Å²) in [5, 5.41) is 9.83. The summed E-state index contributed by atoms with van der Waals surface area (Å²) >= 11 is 0. The van der Waals surface area contributed by atoms with Crippen LogP contribution >= 0.6 is 0 Å². The number of fused-ring (bicyclic) bond motifs is 1. The number of aromatic nitrogens is 3. The highest BCUT2D eigenvalue weighted by Crippen LogP contribution is 2.27. The van der Waals surface area contributed by atoms with Crippen molar-refractivity contribution in [2.45, 2.75) is 26.4 Å². The van der Waals surface area contributed by atoms with Crippen molar-refractivity contribution in [2.75, 3.05) is 31.1 Å². The van der Waals surface area contributed by atoms with Crippen molar-refractivity contribution in [2.24, 2.45) is 0 Å². The standard InChI is InChI=1S/C21H25N5O2/c1-3-24(4-2)21(28)16-7-5-15(6-8-16)18-13-23-20-19(22-10-12-26(18)20)25-11-9-17(27)14-25/h5-8,10,12-13,17,27H,3-4,9,11,14H2,1-2H3. The van der Waals surface area contributed by atoms with Gasteiger partial charge in [-0.25, -0.2) is 9.97 Å². The molecule has 1 fully saturated rings. The molecule has 7 heteroatoms. The predicted octanol–water partition coefficient (Wildman–Crippen LogP) is 2.45. The molecule has 0 bridgehead atoms. The highest BCUT2D eigenvalue weighted by molar-refractivity contribution is 5.94. The summed E-state index contributed by atoms with van der Waals surface area (Å²) in [5.41, 5.74) is 3.40. The normalized spacial score (nSPS) is 16.7. The zero-order chi connectivity index (χ0) is 19.7. The van der Waals surface area contributed by atoms with Gasteiger partial charge in [0.15, 0.2) is 11.5 Å². The Labute approximate surface area is 164 Å².